The molecule has 0 aliphatic carbocycles. The van der Waals surface area contributed by atoms with Gasteiger partial charge < -0.3 is 0 Å². The standard InChI is InChI=1S/C12H17N5S/c1-2-17(8-10-6-4-3-5-7-10)9-11-15-16-12(14-13)18-11/h3-7H,2,8-9,13H2,1H3,(H,14,16). The minimum Gasteiger partial charge on any atom is -0.298 e. The molecule has 18 heavy (non-hydrogen) atoms. The van der Waals surface area contributed by atoms with E-state index in [-0.39, 0.29) is 0 Å². The van der Waals surface area contributed by atoms with Gasteiger partial charge in [-0.3, -0.25) is 10.3 Å². The molecule has 0 fully saturated rings. The zero-order valence-corrected chi connectivity index (χ0v) is 11.2. The lowest BCUT2D eigenvalue weighted by atomic mass is 10.2. The summed E-state index contributed by atoms with van der Waals surface area (Å²) >= 11 is 1.49. The minimum atomic E-state index is 0.653. The quantitative estimate of drug-likeness (QED) is 0.615. The number of rotatable bonds is 6. The summed E-state index contributed by atoms with van der Waals surface area (Å²) in [6.07, 6.45) is 0. The van der Waals surface area contributed by atoms with Crippen LogP contribution in [0.5, 0.6) is 0 Å². The van der Waals surface area contributed by atoms with Gasteiger partial charge in [-0.05, 0) is 12.1 Å². The molecule has 0 aliphatic rings. The second-order valence-electron chi connectivity index (χ2n) is 3.93. The van der Waals surface area contributed by atoms with Gasteiger partial charge in [-0.2, -0.15) is 0 Å². The van der Waals surface area contributed by atoms with Crippen LogP contribution < -0.4 is 11.3 Å². The number of hydrogen-bond acceptors (Lipinski definition) is 6. The molecule has 0 aliphatic heterocycles. The Hall–Kier alpha value is -1.50. The lowest BCUT2D eigenvalue weighted by Gasteiger charge is -2.18. The van der Waals surface area contributed by atoms with E-state index in [0.29, 0.717) is 5.13 Å². The number of aromatic nitrogens is 2. The van der Waals surface area contributed by atoms with Gasteiger partial charge in [0.05, 0.1) is 6.54 Å². The molecule has 0 spiro atoms. The van der Waals surface area contributed by atoms with Gasteiger partial charge in [-0.15, -0.1) is 10.2 Å². The number of nitrogens with one attached hydrogen (secondary N) is 1. The van der Waals surface area contributed by atoms with Crippen LogP contribution in [-0.2, 0) is 13.1 Å². The summed E-state index contributed by atoms with van der Waals surface area (Å²) in [5, 5.41) is 9.66. The largest absolute Gasteiger partial charge is 0.298 e. The van der Waals surface area contributed by atoms with Crippen molar-refractivity contribution in [2.45, 2.75) is 20.0 Å². The smallest absolute Gasteiger partial charge is 0.219 e. The molecule has 6 heteroatoms. The predicted molar refractivity (Wildman–Crippen MR) is 73.9 cm³/mol. The van der Waals surface area contributed by atoms with E-state index in [4.69, 9.17) is 5.84 Å². The third-order valence-corrected chi connectivity index (χ3v) is 3.48. The maximum absolute atomic E-state index is 5.29. The van der Waals surface area contributed by atoms with Crippen LogP contribution in [0.1, 0.15) is 17.5 Å². The molecular weight excluding hydrogens is 246 g/mol. The molecule has 1 aromatic carbocycles. The van der Waals surface area contributed by atoms with E-state index in [0.717, 1.165) is 24.6 Å². The first-order chi connectivity index (χ1) is 8.81. The van der Waals surface area contributed by atoms with Crippen molar-refractivity contribution in [2.75, 3.05) is 12.0 Å². The average molecular weight is 263 g/mol. The maximum Gasteiger partial charge on any atom is 0.219 e. The molecule has 2 aromatic rings. The van der Waals surface area contributed by atoms with E-state index >= 15 is 0 Å². The highest BCUT2D eigenvalue weighted by Crippen LogP contribution is 2.16. The topological polar surface area (TPSA) is 67.1 Å². The Morgan fingerprint density at radius 3 is 2.61 bits per heavy atom. The van der Waals surface area contributed by atoms with E-state index in [1.54, 1.807) is 0 Å². The van der Waals surface area contributed by atoms with Crippen molar-refractivity contribution in [1.82, 2.24) is 15.1 Å². The minimum absolute atomic E-state index is 0.653. The average Bonchev–Trinajstić information content (AvgIpc) is 2.87. The van der Waals surface area contributed by atoms with Crippen molar-refractivity contribution >= 4 is 16.5 Å². The lowest BCUT2D eigenvalue weighted by molar-refractivity contribution is 0.270. The molecule has 0 radical (unpaired) electrons. The number of benzene rings is 1. The summed E-state index contributed by atoms with van der Waals surface area (Å²) < 4.78 is 0. The van der Waals surface area contributed by atoms with Crippen molar-refractivity contribution in [3.8, 4) is 0 Å². The number of nitrogens with two attached hydrogens (primary N) is 1. The second-order valence-corrected chi connectivity index (χ2v) is 5.00. The van der Waals surface area contributed by atoms with Gasteiger partial charge in [0.25, 0.3) is 0 Å². The van der Waals surface area contributed by atoms with Crippen LogP contribution in [0.4, 0.5) is 5.13 Å². The predicted octanol–water partition coefficient (Wildman–Crippen LogP) is 1.85. The molecule has 0 saturated heterocycles. The van der Waals surface area contributed by atoms with Crippen molar-refractivity contribution in [3.05, 3.63) is 40.9 Å². The van der Waals surface area contributed by atoms with Gasteiger partial charge in [-0.1, -0.05) is 48.6 Å². The summed E-state index contributed by atoms with van der Waals surface area (Å²) in [4.78, 5) is 2.32. The molecule has 0 saturated carbocycles. The fraction of sp³-hybridized carbons (Fsp3) is 0.333. The Balaban J connectivity index is 1.97. The van der Waals surface area contributed by atoms with Crippen LogP contribution in [-0.4, -0.2) is 21.6 Å². The van der Waals surface area contributed by atoms with Crippen LogP contribution in [0.25, 0.3) is 0 Å². The molecule has 1 aromatic heterocycles. The van der Waals surface area contributed by atoms with Crippen LogP contribution in [0.15, 0.2) is 30.3 Å². The lowest BCUT2D eigenvalue weighted by Crippen LogP contribution is -2.22. The summed E-state index contributed by atoms with van der Waals surface area (Å²) in [7, 11) is 0. The fourth-order valence-corrected chi connectivity index (χ4v) is 2.38. The second kappa shape index (κ2) is 6.44. The number of nitrogens with zero attached hydrogens (tertiary/aromatic N) is 3. The summed E-state index contributed by atoms with van der Waals surface area (Å²) in [6.45, 7) is 4.83. The fourth-order valence-electron chi connectivity index (χ4n) is 1.69. The van der Waals surface area contributed by atoms with Crippen molar-refractivity contribution in [1.29, 1.82) is 0 Å². The van der Waals surface area contributed by atoms with Crippen molar-refractivity contribution in [2.24, 2.45) is 5.84 Å². The Labute approximate surface area is 111 Å². The summed E-state index contributed by atoms with van der Waals surface area (Å²) in [6, 6.07) is 10.4. The van der Waals surface area contributed by atoms with E-state index < -0.39 is 0 Å². The summed E-state index contributed by atoms with van der Waals surface area (Å²) in [5.74, 6) is 5.29. The highest BCUT2D eigenvalue weighted by atomic mass is 32.1. The van der Waals surface area contributed by atoms with E-state index in [1.807, 2.05) is 6.07 Å². The molecule has 1 heterocycles. The Morgan fingerprint density at radius 1 is 1.22 bits per heavy atom. The zero-order valence-electron chi connectivity index (χ0n) is 10.3. The number of anilines is 1. The van der Waals surface area contributed by atoms with E-state index in [2.05, 4.69) is 51.7 Å². The number of nitrogen functional groups attached to an aromatic ring is 1. The van der Waals surface area contributed by atoms with Crippen molar-refractivity contribution < 1.29 is 0 Å². The first-order valence-electron chi connectivity index (χ1n) is 5.87. The van der Waals surface area contributed by atoms with Gasteiger partial charge in [0.1, 0.15) is 5.01 Å². The van der Waals surface area contributed by atoms with E-state index in [1.165, 1.54) is 16.9 Å². The number of hydrogen-bond donors (Lipinski definition) is 2. The van der Waals surface area contributed by atoms with E-state index in [9.17, 15) is 0 Å². The van der Waals surface area contributed by atoms with Gasteiger partial charge in [0.2, 0.25) is 5.13 Å². The molecule has 2 rings (SSSR count). The first kappa shape index (κ1) is 12.9. The highest BCUT2D eigenvalue weighted by Gasteiger charge is 2.09. The molecular formula is C12H17N5S. The highest BCUT2D eigenvalue weighted by molar-refractivity contribution is 7.15. The normalized spacial score (nSPS) is 10.8. The SMILES string of the molecule is CCN(Cc1ccccc1)Cc1nnc(NN)s1. The van der Waals surface area contributed by atoms with Crippen LogP contribution in [0.2, 0.25) is 0 Å². The van der Waals surface area contributed by atoms with Gasteiger partial charge in [-0.25, -0.2) is 5.84 Å². The Morgan fingerprint density at radius 2 is 2.00 bits per heavy atom. The molecule has 0 bridgehead atoms. The molecule has 0 amide bonds. The van der Waals surface area contributed by atoms with Crippen LogP contribution in [0, 0.1) is 0 Å². The van der Waals surface area contributed by atoms with Gasteiger partial charge >= 0.3 is 0 Å². The van der Waals surface area contributed by atoms with Gasteiger partial charge in [0, 0.05) is 6.54 Å². The molecule has 96 valence electrons. The van der Waals surface area contributed by atoms with Crippen LogP contribution in [0.3, 0.4) is 0 Å². The van der Waals surface area contributed by atoms with Crippen LogP contribution >= 0.6 is 11.3 Å². The maximum atomic E-state index is 5.29. The monoisotopic (exact) mass is 263 g/mol. The molecule has 3 N–H and O–H groups in total. The Bertz CT molecular complexity index is 470. The zero-order chi connectivity index (χ0) is 12.8. The molecule has 0 unspecified atom stereocenters. The third kappa shape index (κ3) is 3.49. The Kier molecular flexibility index (Phi) is 4.63. The van der Waals surface area contributed by atoms with Crippen molar-refractivity contribution in [3.63, 3.8) is 0 Å². The molecule has 5 nitrogen and oxygen atoms in total. The summed E-state index contributed by atoms with van der Waals surface area (Å²) in [5.41, 5.74) is 3.82. The molecule has 0 atom stereocenters. The number of hydrazine groups is 1. The third-order valence-electron chi connectivity index (χ3n) is 2.65. The first-order valence-corrected chi connectivity index (χ1v) is 6.68. The van der Waals surface area contributed by atoms with Gasteiger partial charge in [0.15, 0.2) is 0 Å².